The van der Waals surface area contributed by atoms with E-state index in [-0.39, 0.29) is 5.78 Å². The van der Waals surface area contributed by atoms with Gasteiger partial charge in [0.1, 0.15) is 18.4 Å². The molecule has 0 fully saturated rings. The number of hydrogen-bond donors (Lipinski definition) is 1. The summed E-state index contributed by atoms with van der Waals surface area (Å²) >= 11 is 0. The monoisotopic (exact) mass is 570 g/mol. The fourth-order valence-corrected chi connectivity index (χ4v) is 4.91. The molecule has 0 heterocycles. The molecule has 0 aliphatic heterocycles. The Kier molecular flexibility index (Phi) is 9.83. The number of nitrogens with zero attached hydrogens (tertiary/aromatic N) is 1. The lowest BCUT2D eigenvalue weighted by atomic mass is 10.00. The van der Waals surface area contributed by atoms with E-state index >= 15 is 0 Å². The lowest BCUT2D eigenvalue weighted by Gasteiger charge is -2.25. The van der Waals surface area contributed by atoms with Crippen molar-refractivity contribution in [2.24, 2.45) is 0 Å². The van der Waals surface area contributed by atoms with Crippen LogP contribution >= 0.6 is 0 Å². The maximum absolute atomic E-state index is 13.2. The van der Waals surface area contributed by atoms with Crippen LogP contribution < -0.4 is 15.0 Å². The van der Waals surface area contributed by atoms with E-state index in [0.717, 1.165) is 22.7 Å². The zero-order valence-corrected chi connectivity index (χ0v) is 24.1. The number of rotatable bonds is 13. The second-order valence-corrected chi connectivity index (χ2v) is 9.98. The number of esters is 1. The maximum atomic E-state index is 13.2. The average Bonchev–Trinajstić information content (AvgIpc) is 3.08. The zero-order chi connectivity index (χ0) is 29.9. The molecule has 216 valence electrons. The topological polar surface area (TPSA) is 67.9 Å². The molecule has 5 aromatic carbocycles. The van der Waals surface area contributed by atoms with Gasteiger partial charge in [-0.3, -0.25) is 4.79 Å². The molecule has 0 bridgehead atoms. The minimum atomic E-state index is -0.688. The van der Waals surface area contributed by atoms with Crippen LogP contribution in [0.2, 0.25) is 0 Å². The van der Waals surface area contributed by atoms with Gasteiger partial charge < -0.3 is 19.7 Å². The van der Waals surface area contributed by atoms with Crippen LogP contribution in [-0.2, 0) is 16.0 Å². The van der Waals surface area contributed by atoms with E-state index < -0.39 is 12.0 Å². The number of benzene rings is 5. The zero-order valence-electron chi connectivity index (χ0n) is 24.1. The lowest BCUT2D eigenvalue weighted by molar-refractivity contribution is -0.141. The van der Waals surface area contributed by atoms with Gasteiger partial charge >= 0.3 is 5.97 Å². The number of hydrogen-bond acceptors (Lipinski definition) is 6. The van der Waals surface area contributed by atoms with Crippen LogP contribution in [0.3, 0.4) is 0 Å². The van der Waals surface area contributed by atoms with Crippen molar-refractivity contribution in [1.82, 2.24) is 0 Å². The molecule has 0 amide bonds. The molecule has 1 unspecified atom stereocenters. The second kappa shape index (κ2) is 14.5. The van der Waals surface area contributed by atoms with E-state index in [1.54, 1.807) is 24.3 Å². The van der Waals surface area contributed by atoms with E-state index in [9.17, 15) is 9.59 Å². The molecular weight excluding hydrogens is 536 g/mol. The Bertz CT molecular complexity index is 1570. The summed E-state index contributed by atoms with van der Waals surface area (Å²) in [5.41, 5.74) is 4.77. The van der Waals surface area contributed by atoms with Crippen LogP contribution in [0, 0.1) is 0 Å². The summed E-state index contributed by atoms with van der Waals surface area (Å²) in [6.07, 6.45) is 0.372. The average molecular weight is 571 g/mol. The van der Waals surface area contributed by atoms with E-state index in [2.05, 4.69) is 34.5 Å². The Labute approximate surface area is 252 Å². The third-order valence-electron chi connectivity index (χ3n) is 7.11. The molecule has 6 nitrogen and oxygen atoms in total. The number of anilines is 3. The van der Waals surface area contributed by atoms with Gasteiger partial charge in [0.05, 0.1) is 13.7 Å². The van der Waals surface area contributed by atoms with Gasteiger partial charge in [-0.1, -0.05) is 91.0 Å². The predicted octanol–water partition coefficient (Wildman–Crippen LogP) is 7.33. The lowest BCUT2D eigenvalue weighted by Crippen LogP contribution is -2.33. The highest BCUT2D eigenvalue weighted by Crippen LogP contribution is 2.25. The highest BCUT2D eigenvalue weighted by Gasteiger charge is 2.22. The summed E-state index contributed by atoms with van der Waals surface area (Å²) in [4.78, 5) is 28.2. The van der Waals surface area contributed by atoms with Crippen LogP contribution in [0.4, 0.5) is 17.1 Å². The summed E-state index contributed by atoms with van der Waals surface area (Å²) in [5.74, 6) is 0.210. The Hall–Kier alpha value is -5.36. The number of methoxy groups -OCH3 is 1. The number of ketones is 1. The third-order valence-corrected chi connectivity index (χ3v) is 7.11. The summed E-state index contributed by atoms with van der Waals surface area (Å²) in [6, 6.07) is 43.8. The molecule has 1 atom stereocenters. The van der Waals surface area contributed by atoms with Crippen molar-refractivity contribution >= 4 is 28.8 Å². The summed E-state index contributed by atoms with van der Waals surface area (Å²) in [6.45, 7) is 1.16. The first-order valence-corrected chi connectivity index (χ1v) is 14.2. The molecule has 43 heavy (non-hydrogen) atoms. The predicted molar refractivity (Wildman–Crippen MR) is 171 cm³/mol. The van der Waals surface area contributed by atoms with Gasteiger partial charge in [0, 0.05) is 34.6 Å². The highest BCUT2D eigenvalue weighted by atomic mass is 16.5. The summed E-state index contributed by atoms with van der Waals surface area (Å²) in [7, 11) is 1.36. The molecule has 6 heteroatoms. The molecule has 0 radical (unpaired) electrons. The minimum absolute atomic E-state index is 0.119. The quantitative estimate of drug-likeness (QED) is 0.118. The summed E-state index contributed by atoms with van der Waals surface area (Å²) in [5, 5.41) is 3.26. The fraction of sp³-hybridized carbons (Fsp3) is 0.135. The molecule has 0 aliphatic rings. The smallest absolute Gasteiger partial charge is 0.328 e. The van der Waals surface area contributed by atoms with E-state index in [1.165, 1.54) is 7.11 Å². The van der Waals surface area contributed by atoms with Crippen molar-refractivity contribution in [3.05, 3.63) is 156 Å². The van der Waals surface area contributed by atoms with Crippen LogP contribution in [0.5, 0.6) is 5.75 Å². The highest BCUT2D eigenvalue weighted by molar-refractivity contribution is 6.12. The van der Waals surface area contributed by atoms with Crippen molar-refractivity contribution in [3.63, 3.8) is 0 Å². The van der Waals surface area contributed by atoms with Crippen molar-refractivity contribution in [3.8, 4) is 5.75 Å². The third kappa shape index (κ3) is 7.68. The Morgan fingerprint density at radius 2 is 1.26 bits per heavy atom. The molecule has 0 saturated heterocycles. The van der Waals surface area contributed by atoms with Crippen molar-refractivity contribution in [2.75, 3.05) is 30.5 Å². The second-order valence-electron chi connectivity index (χ2n) is 9.98. The van der Waals surface area contributed by atoms with Crippen LogP contribution in [0.1, 0.15) is 21.5 Å². The first kappa shape index (κ1) is 29.1. The molecule has 1 N–H and O–H groups in total. The minimum Gasteiger partial charge on any atom is -0.492 e. The largest absolute Gasteiger partial charge is 0.492 e. The molecule has 5 aromatic rings. The Morgan fingerprint density at radius 1 is 0.698 bits per heavy atom. The maximum Gasteiger partial charge on any atom is 0.328 e. The number of nitrogens with one attached hydrogen (secondary N) is 1. The standard InChI is InChI=1S/C37H34N2O4/c1-42-37(41)35(38-34-20-12-11-19-33(34)36(40)29-13-5-2-6-14-29)27-28-21-23-32(24-22-28)43-26-25-39(30-15-7-3-8-16-30)31-17-9-4-10-18-31/h2-24,35,38H,25-27H2,1H3. The van der Waals surface area contributed by atoms with Gasteiger partial charge in [0.25, 0.3) is 0 Å². The van der Waals surface area contributed by atoms with E-state index in [4.69, 9.17) is 9.47 Å². The van der Waals surface area contributed by atoms with Gasteiger partial charge in [-0.05, 0) is 54.1 Å². The van der Waals surface area contributed by atoms with Gasteiger partial charge in [0.15, 0.2) is 5.78 Å². The van der Waals surface area contributed by atoms with Crippen LogP contribution in [0.15, 0.2) is 140 Å². The summed E-state index contributed by atoms with van der Waals surface area (Å²) < 4.78 is 11.2. The van der Waals surface area contributed by atoms with Crippen LogP contribution in [-0.4, -0.2) is 38.1 Å². The molecule has 0 aliphatic carbocycles. The number of carbonyl (C=O) groups is 2. The molecule has 0 aromatic heterocycles. The van der Waals surface area contributed by atoms with Gasteiger partial charge in [-0.25, -0.2) is 4.79 Å². The van der Waals surface area contributed by atoms with E-state index in [0.29, 0.717) is 36.4 Å². The number of ether oxygens (including phenoxy) is 2. The number of para-hydroxylation sites is 3. The van der Waals surface area contributed by atoms with E-state index in [1.807, 2.05) is 91.0 Å². The SMILES string of the molecule is COC(=O)C(Cc1ccc(OCCN(c2ccccc2)c2ccccc2)cc1)Nc1ccccc1C(=O)c1ccccc1. The van der Waals surface area contributed by atoms with Crippen molar-refractivity contribution in [2.45, 2.75) is 12.5 Å². The van der Waals surface area contributed by atoms with Gasteiger partial charge in [-0.2, -0.15) is 0 Å². The molecule has 5 rings (SSSR count). The van der Waals surface area contributed by atoms with Crippen molar-refractivity contribution < 1.29 is 19.1 Å². The van der Waals surface area contributed by atoms with Gasteiger partial charge in [-0.15, -0.1) is 0 Å². The first-order chi connectivity index (χ1) is 21.1. The Balaban J connectivity index is 1.24. The molecule has 0 spiro atoms. The van der Waals surface area contributed by atoms with Crippen molar-refractivity contribution in [1.29, 1.82) is 0 Å². The fourth-order valence-electron chi connectivity index (χ4n) is 4.91. The normalized spacial score (nSPS) is 11.3. The first-order valence-electron chi connectivity index (χ1n) is 14.2. The van der Waals surface area contributed by atoms with Gasteiger partial charge in [0.2, 0.25) is 0 Å². The molecule has 0 saturated carbocycles. The molecular formula is C37H34N2O4. The van der Waals surface area contributed by atoms with Crippen LogP contribution in [0.25, 0.3) is 0 Å². The Morgan fingerprint density at radius 3 is 1.86 bits per heavy atom. The number of carbonyl (C=O) groups excluding carboxylic acids is 2.